The van der Waals surface area contributed by atoms with Crippen molar-refractivity contribution in [1.82, 2.24) is 4.57 Å². The minimum Gasteiger partial charge on any atom is -0.297 e. The number of para-hydroxylation sites is 1. The second kappa shape index (κ2) is 3.82. The Morgan fingerprint density at radius 3 is 2.65 bits per heavy atom. The summed E-state index contributed by atoms with van der Waals surface area (Å²) in [6, 6.07) is 14.0. The Kier molecular flexibility index (Phi) is 2.33. The fourth-order valence-electron chi connectivity index (χ4n) is 2.89. The van der Waals surface area contributed by atoms with Crippen molar-refractivity contribution in [3.8, 4) is 17.8 Å². The van der Waals surface area contributed by atoms with Gasteiger partial charge in [-0.05, 0) is 17.7 Å². The standard InChI is InChI=1S/C16H12N4/c1-16(2)12-5-3-4-6-13(12)20-14(16)7-10(8-17)11(9-18)15(20)19/h3-7,19H,1-2H3/p+1. The van der Waals surface area contributed by atoms with E-state index in [0.29, 0.717) is 5.56 Å². The van der Waals surface area contributed by atoms with E-state index < -0.39 is 0 Å². The third kappa shape index (κ3) is 1.31. The largest absolute Gasteiger partial charge is 0.310 e. The van der Waals surface area contributed by atoms with E-state index in [9.17, 15) is 5.26 Å². The first-order chi connectivity index (χ1) is 9.52. The Morgan fingerprint density at radius 1 is 1.30 bits per heavy atom. The normalized spacial score (nSPS) is 14.0. The van der Waals surface area contributed by atoms with Crippen molar-refractivity contribution in [1.29, 1.82) is 10.7 Å². The smallest absolute Gasteiger partial charge is 0.297 e. The van der Waals surface area contributed by atoms with E-state index in [2.05, 4.69) is 19.9 Å². The highest BCUT2D eigenvalue weighted by molar-refractivity contribution is 5.59. The first-order valence-corrected chi connectivity index (χ1v) is 6.30. The van der Waals surface area contributed by atoms with E-state index in [-0.39, 0.29) is 16.5 Å². The lowest BCUT2D eigenvalue weighted by molar-refractivity contribution is -0.0909. The Balaban J connectivity index is 2.53. The second-order valence-electron chi connectivity index (χ2n) is 5.38. The van der Waals surface area contributed by atoms with Gasteiger partial charge in [-0.3, -0.25) is 9.98 Å². The predicted molar refractivity (Wildman–Crippen MR) is 72.4 cm³/mol. The van der Waals surface area contributed by atoms with Crippen LogP contribution in [0, 0.1) is 22.8 Å². The van der Waals surface area contributed by atoms with Crippen molar-refractivity contribution in [3.05, 3.63) is 58.2 Å². The van der Waals surface area contributed by atoms with E-state index >= 15 is 0 Å². The molecule has 3 rings (SSSR count). The molecule has 1 aromatic carbocycles. The molecule has 1 aliphatic rings. The molecule has 4 heteroatoms. The van der Waals surface area contributed by atoms with Crippen molar-refractivity contribution in [2.45, 2.75) is 19.3 Å². The van der Waals surface area contributed by atoms with Crippen LogP contribution in [0.2, 0.25) is 0 Å². The molecule has 0 fully saturated rings. The number of rotatable bonds is 0. The monoisotopic (exact) mass is 261 g/mol. The zero-order chi connectivity index (χ0) is 14.5. The highest BCUT2D eigenvalue weighted by Crippen LogP contribution is 2.41. The van der Waals surface area contributed by atoms with Crippen LogP contribution in [0.3, 0.4) is 0 Å². The van der Waals surface area contributed by atoms with Gasteiger partial charge in [-0.1, -0.05) is 37.3 Å². The highest BCUT2D eigenvalue weighted by atomic mass is 15.0. The van der Waals surface area contributed by atoms with Crippen molar-refractivity contribution in [2.24, 2.45) is 0 Å². The maximum Gasteiger partial charge on any atom is 0.310 e. The molecule has 1 aromatic heterocycles. The lowest BCUT2D eigenvalue weighted by atomic mass is 9.83. The van der Waals surface area contributed by atoms with E-state index in [0.717, 1.165) is 16.9 Å². The van der Waals surface area contributed by atoms with Crippen molar-refractivity contribution < 1.29 is 5.26 Å². The summed E-state index contributed by atoms with van der Waals surface area (Å²) in [6.07, 6.45) is 0. The number of aromatic nitrogens is 1. The topological polar surface area (TPSA) is 76.4 Å². The Labute approximate surface area is 116 Å². The molecule has 1 aliphatic heterocycles. The summed E-state index contributed by atoms with van der Waals surface area (Å²) >= 11 is 0. The number of nitrogens with one attached hydrogen (secondary N) is 2. The van der Waals surface area contributed by atoms with Gasteiger partial charge in [-0.25, -0.2) is 0 Å². The minimum absolute atomic E-state index is 0.123. The van der Waals surface area contributed by atoms with E-state index in [1.54, 1.807) is 10.6 Å². The number of nitriles is 1. The van der Waals surface area contributed by atoms with Crippen molar-refractivity contribution in [2.75, 3.05) is 0 Å². The van der Waals surface area contributed by atoms with E-state index in [1.165, 1.54) is 0 Å². The number of hydrogen-bond donors (Lipinski definition) is 2. The molecule has 20 heavy (non-hydrogen) atoms. The Hall–Kier alpha value is -2.85. The molecule has 0 bridgehead atoms. The quantitative estimate of drug-likeness (QED) is 0.715. The summed E-state index contributed by atoms with van der Waals surface area (Å²) in [6.45, 7) is 4.17. The van der Waals surface area contributed by atoms with Gasteiger partial charge in [0.05, 0.1) is 5.69 Å². The average Bonchev–Trinajstić information content (AvgIpc) is 2.68. The zero-order valence-electron chi connectivity index (χ0n) is 11.3. The molecule has 0 saturated carbocycles. The molecule has 96 valence electrons. The van der Waals surface area contributed by atoms with E-state index in [4.69, 9.17) is 10.7 Å². The number of benzene rings is 1. The van der Waals surface area contributed by atoms with Crippen LogP contribution in [0.25, 0.3) is 5.69 Å². The molecular formula is C16H13N4+. The van der Waals surface area contributed by atoms with E-state index in [1.807, 2.05) is 30.3 Å². The molecule has 0 atom stereocenters. The number of pyridine rings is 1. The molecule has 0 amide bonds. The molecule has 0 unspecified atom stereocenters. The lowest BCUT2D eigenvalue weighted by Crippen LogP contribution is -2.28. The van der Waals surface area contributed by atoms with Crippen molar-refractivity contribution in [3.63, 3.8) is 0 Å². The third-order valence-corrected chi connectivity index (χ3v) is 3.96. The molecule has 2 N–H and O–H groups in total. The summed E-state index contributed by atoms with van der Waals surface area (Å²) in [4.78, 5) is 0. The summed E-state index contributed by atoms with van der Waals surface area (Å²) in [5.41, 5.74) is 3.41. The maximum absolute atomic E-state index is 9.23. The van der Waals surface area contributed by atoms with Gasteiger partial charge in [0, 0.05) is 11.1 Å². The molecule has 4 nitrogen and oxygen atoms in total. The van der Waals surface area contributed by atoms with Gasteiger partial charge < -0.3 is 0 Å². The summed E-state index contributed by atoms with van der Waals surface area (Å²) in [5.74, 6) is 0. The van der Waals surface area contributed by atoms with Gasteiger partial charge in [0.25, 0.3) is 0 Å². The third-order valence-electron chi connectivity index (χ3n) is 3.96. The zero-order valence-corrected chi connectivity index (χ0v) is 11.3. The van der Waals surface area contributed by atoms with Gasteiger partial charge in [0.2, 0.25) is 0 Å². The van der Waals surface area contributed by atoms with Crippen LogP contribution in [-0.4, -0.2) is 4.57 Å². The molecule has 2 heterocycles. The molecule has 0 spiro atoms. The molecule has 0 saturated heterocycles. The van der Waals surface area contributed by atoms with Gasteiger partial charge in [-0.2, -0.15) is 5.26 Å². The number of nitrogens with zero attached hydrogens (tertiary/aromatic N) is 2. The number of fused-ring (bicyclic) bond motifs is 3. The van der Waals surface area contributed by atoms with Crippen LogP contribution in [0.15, 0.2) is 30.3 Å². The first-order valence-electron chi connectivity index (χ1n) is 6.30. The fraction of sp³-hybridized carbons (Fsp3) is 0.188. The average molecular weight is 261 g/mol. The second-order valence-corrected chi connectivity index (χ2v) is 5.38. The first kappa shape index (κ1) is 12.2. The van der Waals surface area contributed by atoms with Gasteiger partial charge in [-0.15, -0.1) is 0 Å². The van der Waals surface area contributed by atoms with Gasteiger partial charge in [0.15, 0.2) is 0 Å². The Bertz CT molecular complexity index is 873. The maximum atomic E-state index is 9.23. The van der Waals surface area contributed by atoms with Crippen LogP contribution < -0.4 is 10.7 Å². The minimum atomic E-state index is -0.258. The fourth-order valence-corrected chi connectivity index (χ4v) is 2.89. The van der Waals surface area contributed by atoms with Crippen LogP contribution in [0.1, 0.15) is 36.2 Å². The van der Waals surface area contributed by atoms with Crippen molar-refractivity contribution >= 4 is 0 Å². The van der Waals surface area contributed by atoms with Crippen LogP contribution >= 0.6 is 0 Å². The van der Waals surface area contributed by atoms with Crippen LogP contribution in [-0.2, 0) is 5.41 Å². The summed E-state index contributed by atoms with van der Waals surface area (Å²) in [7, 11) is 0. The highest BCUT2D eigenvalue weighted by Gasteiger charge is 2.37. The molecular weight excluding hydrogens is 248 g/mol. The van der Waals surface area contributed by atoms with Crippen LogP contribution in [0.5, 0.6) is 0 Å². The lowest BCUT2D eigenvalue weighted by Gasteiger charge is -2.20. The number of hydrogen-bond acceptors (Lipinski definition) is 2. The molecule has 0 aliphatic carbocycles. The van der Waals surface area contributed by atoms with Gasteiger partial charge in [0.1, 0.15) is 22.7 Å². The SMILES string of the molecule is CC1(C)c2ccccc2-n2c1cc(C#[NH+])c(C#N)c2=N. The van der Waals surface area contributed by atoms with Gasteiger partial charge >= 0.3 is 6.07 Å². The molecule has 0 radical (unpaired) electrons. The predicted octanol–water partition coefficient (Wildman–Crippen LogP) is 0.589. The van der Waals surface area contributed by atoms with Crippen LogP contribution in [0.4, 0.5) is 0 Å². The molecule has 2 aromatic rings. The summed E-state index contributed by atoms with van der Waals surface area (Å²) in [5, 5.41) is 24.9. The Morgan fingerprint density at radius 2 is 2.00 bits per heavy atom. The summed E-state index contributed by atoms with van der Waals surface area (Å²) < 4.78 is 1.80.